The number of carbonyl (C=O) groups is 2. The summed E-state index contributed by atoms with van der Waals surface area (Å²) in [6.45, 7) is 0.694. The highest BCUT2D eigenvalue weighted by molar-refractivity contribution is 5.78. The lowest BCUT2D eigenvalue weighted by Gasteiger charge is -2.37. The molecule has 1 aromatic carbocycles. The molecule has 166 valence electrons. The standard InChI is InChI=1S/C25H34N4O2/c1-28-16-22(27-17-28)12-19-9-20(11-21(10-19)14-24(26)30)13-23-7-8-25(31)29(23)15-18-5-3-2-4-6-18/h2-6,16-17,19-21,23H,7-15H2,1H3,(H2,26,30)/t19-,20+,21?,23+/m1/s1. The van der Waals surface area contributed by atoms with Crippen molar-refractivity contribution in [1.29, 1.82) is 0 Å². The number of rotatable bonds is 8. The maximum absolute atomic E-state index is 12.6. The number of carbonyl (C=O) groups excluding carboxylic acids is 2. The second kappa shape index (κ2) is 9.67. The Bertz CT molecular complexity index is 894. The molecule has 2 heterocycles. The Morgan fingerprint density at radius 2 is 1.87 bits per heavy atom. The molecule has 1 unspecified atom stereocenters. The molecule has 6 heteroatoms. The van der Waals surface area contributed by atoms with E-state index in [2.05, 4.69) is 28.2 Å². The summed E-state index contributed by atoms with van der Waals surface area (Å²) < 4.78 is 1.99. The van der Waals surface area contributed by atoms with Crippen LogP contribution >= 0.6 is 0 Å². The number of aryl methyl sites for hydroxylation is 1. The average Bonchev–Trinajstić information content (AvgIpc) is 3.28. The highest BCUT2D eigenvalue weighted by atomic mass is 16.2. The Kier molecular flexibility index (Phi) is 6.73. The fourth-order valence-corrected chi connectivity index (χ4v) is 5.80. The maximum atomic E-state index is 12.6. The van der Waals surface area contributed by atoms with Crippen molar-refractivity contribution in [3.05, 3.63) is 54.1 Å². The normalized spacial score (nSPS) is 26.4. The maximum Gasteiger partial charge on any atom is 0.223 e. The van der Waals surface area contributed by atoms with Gasteiger partial charge in [-0.1, -0.05) is 30.3 Å². The van der Waals surface area contributed by atoms with Gasteiger partial charge in [0.2, 0.25) is 11.8 Å². The fourth-order valence-electron chi connectivity index (χ4n) is 5.80. The Labute approximate surface area is 184 Å². The number of benzene rings is 1. The van der Waals surface area contributed by atoms with Crippen LogP contribution in [0.15, 0.2) is 42.9 Å². The molecule has 1 aromatic heterocycles. The molecule has 1 saturated carbocycles. The number of imidazole rings is 1. The van der Waals surface area contributed by atoms with Crippen LogP contribution in [0.3, 0.4) is 0 Å². The predicted octanol–water partition coefficient (Wildman–Crippen LogP) is 3.45. The molecule has 0 spiro atoms. The third-order valence-electron chi connectivity index (χ3n) is 7.00. The van der Waals surface area contributed by atoms with Crippen LogP contribution in [0.5, 0.6) is 0 Å². The molecule has 6 nitrogen and oxygen atoms in total. The van der Waals surface area contributed by atoms with Gasteiger partial charge in [-0.05, 0) is 61.8 Å². The summed E-state index contributed by atoms with van der Waals surface area (Å²) in [6.07, 6.45) is 11.2. The van der Waals surface area contributed by atoms with E-state index in [0.717, 1.165) is 44.2 Å². The first-order valence-electron chi connectivity index (χ1n) is 11.5. The van der Waals surface area contributed by atoms with Crippen LogP contribution in [-0.2, 0) is 29.6 Å². The smallest absolute Gasteiger partial charge is 0.223 e. The number of hydrogen-bond donors (Lipinski definition) is 1. The first-order chi connectivity index (χ1) is 15.0. The van der Waals surface area contributed by atoms with Crippen molar-refractivity contribution in [2.24, 2.45) is 30.5 Å². The van der Waals surface area contributed by atoms with Gasteiger partial charge >= 0.3 is 0 Å². The van der Waals surface area contributed by atoms with Crippen LogP contribution in [0.25, 0.3) is 0 Å². The third kappa shape index (κ3) is 5.75. The number of hydrogen-bond acceptors (Lipinski definition) is 3. The zero-order valence-electron chi connectivity index (χ0n) is 18.5. The summed E-state index contributed by atoms with van der Waals surface area (Å²) in [5.41, 5.74) is 7.86. The molecule has 2 N–H and O–H groups in total. The molecule has 31 heavy (non-hydrogen) atoms. The SMILES string of the molecule is Cn1cnc(C[C@H]2CC(CC(N)=O)C[C@@H](C[C@@H]3CCC(=O)N3Cc3ccccc3)C2)c1. The quantitative estimate of drug-likeness (QED) is 0.707. The van der Waals surface area contributed by atoms with Gasteiger partial charge in [0, 0.05) is 38.7 Å². The van der Waals surface area contributed by atoms with E-state index in [1.54, 1.807) is 0 Å². The van der Waals surface area contributed by atoms with Crippen LogP contribution in [0.4, 0.5) is 0 Å². The van der Waals surface area contributed by atoms with E-state index in [9.17, 15) is 9.59 Å². The summed E-state index contributed by atoms with van der Waals surface area (Å²) in [5.74, 6) is 1.43. The zero-order chi connectivity index (χ0) is 21.8. The van der Waals surface area contributed by atoms with E-state index < -0.39 is 0 Å². The van der Waals surface area contributed by atoms with E-state index in [4.69, 9.17) is 5.73 Å². The Morgan fingerprint density at radius 1 is 1.13 bits per heavy atom. The second-order valence-corrected chi connectivity index (χ2v) is 9.65. The summed E-state index contributed by atoms with van der Waals surface area (Å²) in [5, 5.41) is 0. The first-order valence-corrected chi connectivity index (χ1v) is 11.5. The average molecular weight is 423 g/mol. The monoisotopic (exact) mass is 422 g/mol. The number of nitrogens with zero attached hydrogens (tertiary/aromatic N) is 3. The van der Waals surface area contributed by atoms with Crippen molar-refractivity contribution in [2.75, 3.05) is 0 Å². The van der Waals surface area contributed by atoms with E-state index in [1.165, 1.54) is 5.56 Å². The number of aromatic nitrogens is 2. The largest absolute Gasteiger partial charge is 0.370 e. The Hall–Kier alpha value is -2.63. The summed E-state index contributed by atoms with van der Waals surface area (Å²) >= 11 is 0. The molecule has 0 bridgehead atoms. The molecule has 2 aliphatic rings. The van der Waals surface area contributed by atoms with Crippen LogP contribution in [0.2, 0.25) is 0 Å². The molecular formula is C25H34N4O2. The molecule has 4 atom stereocenters. The lowest BCUT2D eigenvalue weighted by atomic mass is 9.70. The number of primary amides is 1. The molecule has 2 fully saturated rings. The van der Waals surface area contributed by atoms with Crippen LogP contribution in [-0.4, -0.2) is 32.3 Å². The Balaban J connectivity index is 1.43. The molecule has 2 amide bonds. The van der Waals surface area contributed by atoms with Crippen molar-refractivity contribution in [3.8, 4) is 0 Å². The molecule has 1 aliphatic heterocycles. The molecule has 4 rings (SSSR count). The highest BCUT2D eigenvalue weighted by Gasteiger charge is 2.36. The van der Waals surface area contributed by atoms with Crippen LogP contribution < -0.4 is 5.73 Å². The second-order valence-electron chi connectivity index (χ2n) is 9.65. The first kappa shape index (κ1) is 21.6. The minimum absolute atomic E-state index is 0.205. The van der Waals surface area contributed by atoms with E-state index >= 15 is 0 Å². The molecular weight excluding hydrogens is 388 g/mol. The van der Waals surface area contributed by atoms with Crippen molar-refractivity contribution >= 4 is 11.8 Å². The number of amides is 2. The zero-order valence-corrected chi connectivity index (χ0v) is 18.5. The van der Waals surface area contributed by atoms with Crippen molar-refractivity contribution in [1.82, 2.24) is 14.5 Å². The van der Waals surface area contributed by atoms with Crippen molar-refractivity contribution in [2.45, 2.75) is 64.0 Å². The van der Waals surface area contributed by atoms with Gasteiger partial charge in [-0.3, -0.25) is 9.59 Å². The summed E-state index contributed by atoms with van der Waals surface area (Å²) in [7, 11) is 1.99. The fraction of sp³-hybridized carbons (Fsp3) is 0.560. The van der Waals surface area contributed by atoms with E-state index in [-0.39, 0.29) is 11.8 Å². The van der Waals surface area contributed by atoms with E-state index in [0.29, 0.717) is 43.2 Å². The van der Waals surface area contributed by atoms with Gasteiger partial charge in [0.05, 0.1) is 12.0 Å². The van der Waals surface area contributed by atoms with Crippen LogP contribution in [0, 0.1) is 17.8 Å². The minimum atomic E-state index is -0.205. The molecule has 0 radical (unpaired) electrons. The van der Waals surface area contributed by atoms with Gasteiger partial charge in [-0.25, -0.2) is 4.98 Å². The van der Waals surface area contributed by atoms with Gasteiger partial charge in [0.25, 0.3) is 0 Å². The molecule has 1 aliphatic carbocycles. The van der Waals surface area contributed by atoms with Gasteiger partial charge in [0.1, 0.15) is 0 Å². The number of nitrogens with two attached hydrogens (primary N) is 1. The lowest BCUT2D eigenvalue weighted by molar-refractivity contribution is -0.129. The lowest BCUT2D eigenvalue weighted by Crippen LogP contribution is -2.36. The highest BCUT2D eigenvalue weighted by Crippen LogP contribution is 2.40. The Morgan fingerprint density at radius 3 is 2.58 bits per heavy atom. The third-order valence-corrected chi connectivity index (χ3v) is 7.00. The van der Waals surface area contributed by atoms with Crippen molar-refractivity contribution in [3.63, 3.8) is 0 Å². The van der Waals surface area contributed by atoms with Crippen LogP contribution in [0.1, 0.15) is 56.2 Å². The van der Waals surface area contributed by atoms with Crippen molar-refractivity contribution < 1.29 is 9.59 Å². The van der Waals surface area contributed by atoms with E-state index in [1.807, 2.05) is 36.1 Å². The summed E-state index contributed by atoms with van der Waals surface area (Å²) in [4.78, 5) is 30.8. The molecule has 1 saturated heterocycles. The number of likely N-dealkylation sites (tertiary alicyclic amines) is 1. The van der Waals surface area contributed by atoms with Gasteiger partial charge in [-0.2, -0.15) is 0 Å². The molecule has 2 aromatic rings. The predicted molar refractivity (Wildman–Crippen MR) is 120 cm³/mol. The van der Waals surface area contributed by atoms with Gasteiger partial charge < -0.3 is 15.2 Å². The minimum Gasteiger partial charge on any atom is -0.370 e. The van der Waals surface area contributed by atoms with Gasteiger partial charge in [-0.15, -0.1) is 0 Å². The topological polar surface area (TPSA) is 81.2 Å². The summed E-state index contributed by atoms with van der Waals surface area (Å²) in [6, 6.07) is 10.5. The van der Waals surface area contributed by atoms with Gasteiger partial charge in [0.15, 0.2) is 0 Å².